The molecule has 1 aromatic rings. The molecule has 0 aliphatic heterocycles. The maximum atomic E-state index is 5.69. The average molecular weight is 211 g/mol. The summed E-state index contributed by atoms with van der Waals surface area (Å²) in [6, 6.07) is 4.30. The standard InChI is InChI=1S/C11H15ClN2/c1-14(8-7-12)11-6-5-9-3-2-4-10(9)13-11/h5-6H,2-4,7-8H2,1H3. The Balaban J connectivity index is 2.19. The summed E-state index contributed by atoms with van der Waals surface area (Å²) in [5, 5.41) is 0. The van der Waals surface area contributed by atoms with Gasteiger partial charge in [-0.2, -0.15) is 0 Å². The molecule has 0 aromatic carbocycles. The molecule has 1 aromatic heterocycles. The molecule has 0 fully saturated rings. The van der Waals surface area contributed by atoms with Crippen molar-refractivity contribution < 1.29 is 0 Å². The molecule has 0 radical (unpaired) electrons. The molecule has 0 atom stereocenters. The monoisotopic (exact) mass is 210 g/mol. The van der Waals surface area contributed by atoms with Crippen LogP contribution in [-0.4, -0.2) is 24.5 Å². The molecule has 0 N–H and O–H groups in total. The first-order valence-electron chi connectivity index (χ1n) is 5.07. The van der Waals surface area contributed by atoms with Crippen molar-refractivity contribution >= 4 is 17.4 Å². The lowest BCUT2D eigenvalue weighted by molar-refractivity contribution is 0.889. The Labute approximate surface area is 89.9 Å². The van der Waals surface area contributed by atoms with Gasteiger partial charge in [-0.25, -0.2) is 4.98 Å². The van der Waals surface area contributed by atoms with E-state index in [1.807, 2.05) is 7.05 Å². The molecule has 3 heteroatoms. The predicted molar refractivity (Wildman–Crippen MR) is 60.3 cm³/mol. The van der Waals surface area contributed by atoms with Crippen molar-refractivity contribution in [3.63, 3.8) is 0 Å². The van der Waals surface area contributed by atoms with E-state index in [0.717, 1.165) is 18.8 Å². The Bertz CT molecular complexity index is 325. The third-order valence-corrected chi connectivity index (χ3v) is 2.89. The van der Waals surface area contributed by atoms with Gasteiger partial charge in [0.1, 0.15) is 5.82 Å². The van der Waals surface area contributed by atoms with Gasteiger partial charge in [0.15, 0.2) is 0 Å². The Morgan fingerprint density at radius 2 is 2.29 bits per heavy atom. The van der Waals surface area contributed by atoms with Crippen molar-refractivity contribution in [1.29, 1.82) is 0 Å². The van der Waals surface area contributed by atoms with E-state index >= 15 is 0 Å². The van der Waals surface area contributed by atoms with Gasteiger partial charge in [-0.05, 0) is 30.9 Å². The van der Waals surface area contributed by atoms with Crippen LogP contribution in [0.1, 0.15) is 17.7 Å². The highest BCUT2D eigenvalue weighted by molar-refractivity contribution is 6.18. The number of halogens is 1. The molecular formula is C11H15ClN2. The maximum absolute atomic E-state index is 5.69. The van der Waals surface area contributed by atoms with Gasteiger partial charge in [-0.3, -0.25) is 0 Å². The minimum Gasteiger partial charge on any atom is -0.358 e. The number of aromatic nitrogens is 1. The first-order chi connectivity index (χ1) is 6.81. The van der Waals surface area contributed by atoms with Gasteiger partial charge < -0.3 is 4.90 Å². The summed E-state index contributed by atoms with van der Waals surface area (Å²) in [5.41, 5.74) is 2.71. The zero-order valence-corrected chi connectivity index (χ0v) is 9.22. The van der Waals surface area contributed by atoms with E-state index in [1.54, 1.807) is 0 Å². The van der Waals surface area contributed by atoms with Crippen LogP contribution in [0.4, 0.5) is 5.82 Å². The molecule has 0 spiro atoms. The van der Waals surface area contributed by atoms with Crippen LogP contribution in [0.15, 0.2) is 12.1 Å². The number of hydrogen-bond donors (Lipinski definition) is 0. The Kier molecular flexibility index (Phi) is 2.92. The van der Waals surface area contributed by atoms with E-state index in [2.05, 4.69) is 22.0 Å². The molecule has 2 nitrogen and oxygen atoms in total. The highest BCUT2D eigenvalue weighted by Crippen LogP contribution is 2.22. The molecule has 1 heterocycles. The average Bonchev–Trinajstić information content (AvgIpc) is 2.64. The summed E-state index contributed by atoms with van der Waals surface area (Å²) in [7, 11) is 2.03. The largest absolute Gasteiger partial charge is 0.358 e. The lowest BCUT2D eigenvalue weighted by Crippen LogP contribution is -2.21. The Morgan fingerprint density at radius 1 is 1.43 bits per heavy atom. The third kappa shape index (κ3) is 1.85. The SMILES string of the molecule is CN(CCCl)c1ccc2c(n1)CCC2. The lowest BCUT2D eigenvalue weighted by atomic mass is 10.2. The third-order valence-electron chi connectivity index (χ3n) is 2.72. The summed E-state index contributed by atoms with van der Waals surface area (Å²) in [4.78, 5) is 6.74. The molecule has 0 bridgehead atoms. The van der Waals surface area contributed by atoms with Crippen molar-refractivity contribution in [2.75, 3.05) is 24.4 Å². The molecule has 1 aliphatic carbocycles. The van der Waals surface area contributed by atoms with Gasteiger partial charge in [0.2, 0.25) is 0 Å². The van der Waals surface area contributed by atoms with Crippen molar-refractivity contribution in [2.45, 2.75) is 19.3 Å². The zero-order valence-electron chi connectivity index (χ0n) is 8.46. The summed E-state index contributed by atoms with van der Waals surface area (Å²) < 4.78 is 0. The highest BCUT2D eigenvalue weighted by atomic mass is 35.5. The summed E-state index contributed by atoms with van der Waals surface area (Å²) in [6.45, 7) is 0.855. The molecular weight excluding hydrogens is 196 g/mol. The second-order valence-corrected chi connectivity index (χ2v) is 4.12. The van der Waals surface area contributed by atoms with Crippen molar-refractivity contribution in [3.8, 4) is 0 Å². The van der Waals surface area contributed by atoms with Crippen LogP contribution in [0.2, 0.25) is 0 Å². The van der Waals surface area contributed by atoms with Crippen LogP contribution in [0, 0.1) is 0 Å². The van der Waals surface area contributed by atoms with Crippen LogP contribution in [-0.2, 0) is 12.8 Å². The minimum absolute atomic E-state index is 0.648. The predicted octanol–water partition coefficient (Wildman–Crippen LogP) is 2.25. The number of alkyl halides is 1. The number of anilines is 1. The number of pyridine rings is 1. The van der Waals surface area contributed by atoms with E-state index in [0.29, 0.717) is 5.88 Å². The fraction of sp³-hybridized carbons (Fsp3) is 0.545. The van der Waals surface area contributed by atoms with Crippen LogP contribution in [0.5, 0.6) is 0 Å². The summed E-state index contributed by atoms with van der Waals surface area (Å²) in [6.07, 6.45) is 3.59. The summed E-state index contributed by atoms with van der Waals surface area (Å²) >= 11 is 5.69. The molecule has 0 saturated carbocycles. The number of hydrogen-bond acceptors (Lipinski definition) is 2. The number of aryl methyl sites for hydroxylation is 2. The normalized spacial score (nSPS) is 14.1. The Hall–Kier alpha value is -0.760. The lowest BCUT2D eigenvalue weighted by Gasteiger charge is -2.17. The number of rotatable bonds is 3. The van der Waals surface area contributed by atoms with Crippen molar-refractivity contribution in [3.05, 3.63) is 23.4 Å². The molecule has 0 saturated heterocycles. The molecule has 0 amide bonds. The smallest absolute Gasteiger partial charge is 0.128 e. The Morgan fingerprint density at radius 3 is 3.07 bits per heavy atom. The second-order valence-electron chi connectivity index (χ2n) is 3.74. The van der Waals surface area contributed by atoms with Crippen LogP contribution in [0.3, 0.4) is 0 Å². The van der Waals surface area contributed by atoms with E-state index in [4.69, 9.17) is 11.6 Å². The molecule has 76 valence electrons. The van der Waals surface area contributed by atoms with Gasteiger partial charge in [0.25, 0.3) is 0 Å². The number of fused-ring (bicyclic) bond motifs is 1. The van der Waals surface area contributed by atoms with E-state index in [9.17, 15) is 0 Å². The van der Waals surface area contributed by atoms with Crippen LogP contribution >= 0.6 is 11.6 Å². The fourth-order valence-corrected chi connectivity index (χ4v) is 2.12. The van der Waals surface area contributed by atoms with Gasteiger partial charge in [-0.15, -0.1) is 11.6 Å². The van der Waals surface area contributed by atoms with Gasteiger partial charge in [-0.1, -0.05) is 6.07 Å². The minimum atomic E-state index is 0.648. The number of nitrogens with zero attached hydrogens (tertiary/aromatic N) is 2. The topological polar surface area (TPSA) is 16.1 Å². The van der Waals surface area contributed by atoms with Crippen LogP contribution in [0.25, 0.3) is 0 Å². The van der Waals surface area contributed by atoms with E-state index in [-0.39, 0.29) is 0 Å². The summed E-state index contributed by atoms with van der Waals surface area (Å²) in [5.74, 6) is 1.70. The molecule has 14 heavy (non-hydrogen) atoms. The van der Waals surface area contributed by atoms with Gasteiger partial charge in [0, 0.05) is 25.2 Å². The molecule has 1 aliphatic rings. The second kappa shape index (κ2) is 4.18. The van der Waals surface area contributed by atoms with Crippen molar-refractivity contribution in [1.82, 2.24) is 4.98 Å². The highest BCUT2D eigenvalue weighted by Gasteiger charge is 2.13. The fourth-order valence-electron chi connectivity index (χ4n) is 1.86. The zero-order chi connectivity index (χ0) is 9.97. The van der Waals surface area contributed by atoms with Gasteiger partial charge in [0.05, 0.1) is 0 Å². The van der Waals surface area contributed by atoms with E-state index in [1.165, 1.54) is 24.1 Å². The van der Waals surface area contributed by atoms with Crippen molar-refractivity contribution in [2.24, 2.45) is 0 Å². The molecule has 0 unspecified atom stereocenters. The maximum Gasteiger partial charge on any atom is 0.128 e. The first-order valence-corrected chi connectivity index (χ1v) is 5.60. The van der Waals surface area contributed by atoms with Gasteiger partial charge >= 0.3 is 0 Å². The van der Waals surface area contributed by atoms with E-state index < -0.39 is 0 Å². The van der Waals surface area contributed by atoms with Crippen LogP contribution < -0.4 is 4.90 Å². The molecule has 2 rings (SSSR count). The first kappa shape index (κ1) is 9.78. The quantitative estimate of drug-likeness (QED) is 0.712.